The number of aromatic nitrogens is 3. The molecule has 1 heterocycles. The highest BCUT2D eigenvalue weighted by molar-refractivity contribution is 5.92. The first kappa shape index (κ1) is 16.8. The molecule has 132 valence electrons. The summed E-state index contributed by atoms with van der Waals surface area (Å²) in [5.41, 5.74) is -1.40. The van der Waals surface area contributed by atoms with Crippen molar-refractivity contribution in [3.8, 4) is 45.8 Å². The molecular formula is C16H11N3O7. The lowest BCUT2D eigenvalue weighted by molar-refractivity contribution is 0.0693. The molecule has 10 nitrogen and oxygen atoms in total. The second kappa shape index (κ2) is 6.09. The molecule has 0 bridgehead atoms. The number of carbonyl (C=O) groups is 1. The molecule has 2 aromatic carbocycles. The first-order valence-corrected chi connectivity index (χ1v) is 7.06. The fourth-order valence-electron chi connectivity index (χ4n) is 2.30. The third-order valence-electron chi connectivity index (χ3n) is 3.41. The third-order valence-corrected chi connectivity index (χ3v) is 3.41. The van der Waals surface area contributed by atoms with Crippen LogP contribution in [-0.4, -0.2) is 46.5 Å². The van der Waals surface area contributed by atoms with Crippen LogP contribution in [-0.2, 0) is 0 Å². The summed E-state index contributed by atoms with van der Waals surface area (Å²) in [6.07, 6.45) is 0. The molecule has 0 aliphatic rings. The molecule has 6 N–H and O–H groups in total. The highest BCUT2D eigenvalue weighted by atomic mass is 16.4. The summed E-state index contributed by atoms with van der Waals surface area (Å²) in [5.74, 6) is -3.57. The SMILES string of the molecule is O=C(O)c1cc(O)c(-c2nc(-c3cc(O)cc(O)c3)[nH]c(=O)n2)cc1O. The van der Waals surface area contributed by atoms with Gasteiger partial charge in [0.15, 0.2) is 5.82 Å². The molecule has 0 saturated carbocycles. The average molecular weight is 357 g/mol. The standard InChI is InChI=1S/C16H11N3O7/c20-7-1-6(2-8(21)3-7)13-17-14(19-16(26)18-13)9-4-12(23)10(15(24)25)5-11(9)22/h1-5,20-23H,(H,24,25)(H,17,18,19,26). The van der Waals surface area contributed by atoms with Gasteiger partial charge in [-0.2, -0.15) is 4.98 Å². The van der Waals surface area contributed by atoms with E-state index in [1.165, 1.54) is 12.1 Å². The van der Waals surface area contributed by atoms with Crippen LogP contribution in [0.3, 0.4) is 0 Å². The number of benzene rings is 2. The minimum atomic E-state index is -1.45. The number of nitrogens with one attached hydrogen (secondary N) is 1. The second-order valence-corrected chi connectivity index (χ2v) is 5.26. The fourth-order valence-corrected chi connectivity index (χ4v) is 2.30. The molecule has 0 aliphatic heterocycles. The molecule has 0 atom stereocenters. The molecule has 0 spiro atoms. The number of hydrogen-bond acceptors (Lipinski definition) is 8. The Hall–Kier alpha value is -4.08. The number of carboxylic acids is 1. The summed E-state index contributed by atoms with van der Waals surface area (Å²) < 4.78 is 0. The Bertz CT molecular complexity index is 1070. The van der Waals surface area contributed by atoms with Crippen molar-refractivity contribution >= 4 is 5.97 Å². The molecule has 0 fully saturated rings. The van der Waals surface area contributed by atoms with E-state index >= 15 is 0 Å². The maximum atomic E-state index is 11.8. The summed E-state index contributed by atoms with van der Waals surface area (Å²) in [5, 5.41) is 47.8. The summed E-state index contributed by atoms with van der Waals surface area (Å²) >= 11 is 0. The van der Waals surface area contributed by atoms with Crippen LogP contribution in [0.4, 0.5) is 0 Å². The molecule has 0 aliphatic carbocycles. The lowest BCUT2D eigenvalue weighted by Gasteiger charge is -2.08. The summed E-state index contributed by atoms with van der Waals surface area (Å²) in [6, 6.07) is 5.26. The Kier molecular flexibility index (Phi) is 3.93. The number of hydrogen-bond donors (Lipinski definition) is 6. The first-order valence-electron chi connectivity index (χ1n) is 7.06. The molecule has 0 radical (unpaired) electrons. The average Bonchev–Trinajstić information content (AvgIpc) is 2.55. The Balaban J connectivity index is 2.19. The van der Waals surface area contributed by atoms with E-state index in [1.807, 2.05) is 0 Å². The van der Waals surface area contributed by atoms with Crippen molar-refractivity contribution in [1.82, 2.24) is 15.0 Å². The number of aromatic hydroxyl groups is 4. The molecule has 10 heteroatoms. The smallest absolute Gasteiger partial charge is 0.348 e. The van der Waals surface area contributed by atoms with Gasteiger partial charge in [0.2, 0.25) is 0 Å². The zero-order valence-electron chi connectivity index (χ0n) is 12.8. The predicted molar refractivity (Wildman–Crippen MR) is 87.1 cm³/mol. The molecule has 0 amide bonds. The van der Waals surface area contributed by atoms with Gasteiger partial charge in [-0.05, 0) is 24.3 Å². The van der Waals surface area contributed by atoms with Gasteiger partial charge in [-0.15, -0.1) is 0 Å². The number of phenols is 4. The van der Waals surface area contributed by atoms with Gasteiger partial charge >= 0.3 is 11.7 Å². The molecular weight excluding hydrogens is 346 g/mol. The normalized spacial score (nSPS) is 10.6. The molecule has 0 unspecified atom stereocenters. The Morgan fingerprint density at radius 1 is 0.885 bits per heavy atom. The van der Waals surface area contributed by atoms with Crippen LogP contribution < -0.4 is 5.69 Å². The van der Waals surface area contributed by atoms with Gasteiger partial charge < -0.3 is 25.5 Å². The topological polar surface area (TPSA) is 177 Å². The number of H-pyrrole nitrogens is 1. The second-order valence-electron chi connectivity index (χ2n) is 5.26. The molecule has 3 rings (SSSR count). The first-order chi connectivity index (χ1) is 12.2. The largest absolute Gasteiger partial charge is 0.508 e. The lowest BCUT2D eigenvalue weighted by atomic mass is 10.1. The zero-order valence-corrected chi connectivity index (χ0v) is 12.8. The highest BCUT2D eigenvalue weighted by Crippen LogP contribution is 2.34. The quantitative estimate of drug-likeness (QED) is 0.373. The van der Waals surface area contributed by atoms with Crippen molar-refractivity contribution in [3.05, 3.63) is 46.4 Å². The fraction of sp³-hybridized carbons (Fsp3) is 0. The number of rotatable bonds is 3. The zero-order chi connectivity index (χ0) is 19.0. The number of nitrogens with zero attached hydrogens (tertiary/aromatic N) is 2. The van der Waals surface area contributed by atoms with E-state index in [1.54, 1.807) is 0 Å². The van der Waals surface area contributed by atoms with Crippen molar-refractivity contribution in [2.45, 2.75) is 0 Å². The maximum absolute atomic E-state index is 11.8. The predicted octanol–water partition coefficient (Wildman–Crippen LogP) is 1.02. The van der Waals surface area contributed by atoms with Gasteiger partial charge in [-0.1, -0.05) is 0 Å². The van der Waals surface area contributed by atoms with Gasteiger partial charge in [0.05, 0.1) is 5.56 Å². The van der Waals surface area contributed by atoms with Crippen LogP contribution >= 0.6 is 0 Å². The van der Waals surface area contributed by atoms with Crippen molar-refractivity contribution in [2.24, 2.45) is 0 Å². The van der Waals surface area contributed by atoms with Gasteiger partial charge in [0.25, 0.3) is 0 Å². The molecule has 3 aromatic rings. The van der Waals surface area contributed by atoms with Gasteiger partial charge in [-0.3, -0.25) is 4.98 Å². The van der Waals surface area contributed by atoms with Crippen molar-refractivity contribution < 1.29 is 30.3 Å². The number of carboxylic acid groups (broad SMARTS) is 1. The monoisotopic (exact) mass is 357 g/mol. The third kappa shape index (κ3) is 3.11. The van der Waals surface area contributed by atoms with Gasteiger partial charge in [0, 0.05) is 11.6 Å². The van der Waals surface area contributed by atoms with E-state index in [4.69, 9.17) is 5.11 Å². The minimum absolute atomic E-state index is 0.0765. The minimum Gasteiger partial charge on any atom is -0.508 e. The van der Waals surface area contributed by atoms with Crippen LogP contribution in [0.15, 0.2) is 35.1 Å². The van der Waals surface area contributed by atoms with Crippen LogP contribution in [0, 0.1) is 0 Å². The van der Waals surface area contributed by atoms with E-state index in [0.29, 0.717) is 0 Å². The van der Waals surface area contributed by atoms with Gasteiger partial charge in [0.1, 0.15) is 34.4 Å². The summed E-state index contributed by atoms with van der Waals surface area (Å²) in [7, 11) is 0. The molecule has 26 heavy (non-hydrogen) atoms. The molecule has 1 aromatic heterocycles. The van der Waals surface area contributed by atoms with Crippen LogP contribution in [0.25, 0.3) is 22.8 Å². The van der Waals surface area contributed by atoms with Crippen LogP contribution in [0.2, 0.25) is 0 Å². The summed E-state index contributed by atoms with van der Waals surface area (Å²) in [4.78, 5) is 32.7. The van der Waals surface area contributed by atoms with Gasteiger partial charge in [-0.25, -0.2) is 14.6 Å². The Labute approximate surface area is 144 Å². The number of aromatic amines is 1. The van der Waals surface area contributed by atoms with E-state index in [2.05, 4.69) is 15.0 Å². The van der Waals surface area contributed by atoms with E-state index < -0.39 is 28.7 Å². The summed E-state index contributed by atoms with van der Waals surface area (Å²) in [6.45, 7) is 0. The van der Waals surface area contributed by atoms with Crippen molar-refractivity contribution in [3.63, 3.8) is 0 Å². The van der Waals surface area contributed by atoms with E-state index in [0.717, 1.165) is 18.2 Å². The number of aromatic carboxylic acids is 1. The highest BCUT2D eigenvalue weighted by Gasteiger charge is 2.18. The van der Waals surface area contributed by atoms with Crippen molar-refractivity contribution in [2.75, 3.05) is 0 Å². The number of phenolic OH excluding ortho intramolecular Hbond substituents is 3. The lowest BCUT2D eigenvalue weighted by Crippen LogP contribution is -2.14. The molecule has 0 saturated heterocycles. The van der Waals surface area contributed by atoms with E-state index in [9.17, 15) is 30.0 Å². The maximum Gasteiger partial charge on any atom is 0.348 e. The van der Waals surface area contributed by atoms with Crippen LogP contribution in [0.5, 0.6) is 23.0 Å². The Morgan fingerprint density at radius 2 is 1.54 bits per heavy atom. The Morgan fingerprint density at radius 3 is 2.15 bits per heavy atom. The van der Waals surface area contributed by atoms with E-state index in [-0.39, 0.29) is 34.3 Å². The van der Waals surface area contributed by atoms with Crippen LogP contribution in [0.1, 0.15) is 10.4 Å². The van der Waals surface area contributed by atoms with Crippen molar-refractivity contribution in [1.29, 1.82) is 0 Å².